The second-order valence-corrected chi connectivity index (χ2v) is 8.27. The maximum absolute atomic E-state index is 15.0. The van der Waals surface area contributed by atoms with Crippen molar-refractivity contribution in [1.82, 2.24) is 19.5 Å². The van der Waals surface area contributed by atoms with E-state index in [2.05, 4.69) is 15.0 Å². The lowest BCUT2D eigenvalue weighted by Gasteiger charge is -2.47. The van der Waals surface area contributed by atoms with Gasteiger partial charge in [-0.05, 0) is 18.6 Å². The number of rotatable bonds is 7. The number of hydrogen-bond acceptors (Lipinski definition) is 7. The van der Waals surface area contributed by atoms with Crippen molar-refractivity contribution in [2.24, 2.45) is 0 Å². The van der Waals surface area contributed by atoms with Crippen LogP contribution in [0.15, 0.2) is 29.5 Å². The Morgan fingerprint density at radius 1 is 1.21 bits per heavy atom. The zero-order chi connectivity index (χ0) is 24.7. The van der Waals surface area contributed by atoms with Gasteiger partial charge in [-0.2, -0.15) is 13.2 Å². The zero-order valence-electron chi connectivity index (χ0n) is 18.6. The Kier molecular flexibility index (Phi) is 6.19. The predicted octanol–water partition coefficient (Wildman–Crippen LogP) is 3.30. The molecular weight excluding hydrogens is 458 g/mol. The molecule has 3 aromatic rings. The van der Waals surface area contributed by atoms with Crippen molar-refractivity contribution in [3.05, 3.63) is 40.8 Å². The van der Waals surface area contributed by atoms with E-state index in [1.54, 1.807) is 0 Å². The SMILES string of the molecule is CCCCCn1cnc2cc(-c3ncc(OC)c(N4CC(O)(C(F)(F)F)C4)n3)c(F)cc2c1=O. The molecule has 182 valence electrons. The summed E-state index contributed by atoms with van der Waals surface area (Å²) < 4.78 is 60.7. The van der Waals surface area contributed by atoms with Crippen molar-refractivity contribution in [2.75, 3.05) is 25.1 Å². The fourth-order valence-electron chi connectivity index (χ4n) is 3.82. The molecule has 0 saturated carbocycles. The Balaban J connectivity index is 1.69. The summed E-state index contributed by atoms with van der Waals surface area (Å²) >= 11 is 0. The number of ether oxygens (including phenoxy) is 1. The second-order valence-electron chi connectivity index (χ2n) is 8.27. The topological polar surface area (TPSA) is 93.4 Å². The molecule has 1 aromatic carbocycles. The Labute approximate surface area is 191 Å². The molecule has 0 bridgehead atoms. The van der Waals surface area contributed by atoms with Crippen LogP contribution in [0.1, 0.15) is 26.2 Å². The molecule has 1 fully saturated rings. The minimum Gasteiger partial charge on any atom is -0.491 e. The third-order valence-corrected chi connectivity index (χ3v) is 5.84. The zero-order valence-corrected chi connectivity index (χ0v) is 18.6. The molecule has 34 heavy (non-hydrogen) atoms. The van der Waals surface area contributed by atoms with Crippen LogP contribution in [0.5, 0.6) is 5.75 Å². The summed E-state index contributed by atoms with van der Waals surface area (Å²) in [4.78, 5) is 26.4. The third-order valence-electron chi connectivity index (χ3n) is 5.84. The Morgan fingerprint density at radius 2 is 1.94 bits per heavy atom. The maximum atomic E-state index is 15.0. The van der Waals surface area contributed by atoms with Gasteiger partial charge in [0.1, 0.15) is 5.82 Å². The number of benzene rings is 1. The summed E-state index contributed by atoms with van der Waals surface area (Å²) in [5.41, 5.74) is -3.06. The Hall–Kier alpha value is -3.28. The Bertz CT molecular complexity index is 1270. The molecule has 0 atom stereocenters. The van der Waals surface area contributed by atoms with Crippen molar-refractivity contribution in [3.8, 4) is 17.1 Å². The average Bonchev–Trinajstić information content (AvgIpc) is 2.77. The third kappa shape index (κ3) is 4.17. The highest BCUT2D eigenvalue weighted by atomic mass is 19.4. The van der Waals surface area contributed by atoms with Gasteiger partial charge in [-0.1, -0.05) is 19.8 Å². The molecule has 12 heteroatoms. The molecule has 2 aromatic heterocycles. The van der Waals surface area contributed by atoms with Crippen molar-refractivity contribution < 1.29 is 27.4 Å². The van der Waals surface area contributed by atoms with Gasteiger partial charge in [0, 0.05) is 6.54 Å². The van der Waals surface area contributed by atoms with Gasteiger partial charge in [0.25, 0.3) is 5.56 Å². The first kappa shape index (κ1) is 23.9. The molecule has 0 amide bonds. The summed E-state index contributed by atoms with van der Waals surface area (Å²) in [7, 11) is 1.30. The number of methoxy groups -OCH3 is 1. The van der Waals surface area contributed by atoms with Crippen LogP contribution < -0.4 is 15.2 Å². The molecule has 8 nitrogen and oxygen atoms in total. The number of alkyl halides is 3. The van der Waals surface area contributed by atoms with E-state index in [-0.39, 0.29) is 39.4 Å². The van der Waals surface area contributed by atoms with Crippen LogP contribution in [-0.2, 0) is 6.54 Å². The molecule has 0 radical (unpaired) electrons. The monoisotopic (exact) mass is 481 g/mol. The summed E-state index contributed by atoms with van der Waals surface area (Å²) in [6, 6.07) is 2.39. The van der Waals surface area contributed by atoms with Crippen LogP contribution in [-0.4, -0.2) is 56.6 Å². The van der Waals surface area contributed by atoms with E-state index in [9.17, 15) is 23.1 Å². The van der Waals surface area contributed by atoms with Gasteiger partial charge in [-0.25, -0.2) is 19.3 Å². The number of anilines is 1. The number of unbranched alkanes of at least 4 members (excludes halogenated alkanes) is 2. The minimum absolute atomic E-state index is 0.0137. The molecule has 3 heterocycles. The van der Waals surface area contributed by atoms with Crippen LogP contribution in [0.4, 0.5) is 23.4 Å². The summed E-state index contributed by atoms with van der Waals surface area (Å²) in [6.07, 6.45) is 0.557. The first-order chi connectivity index (χ1) is 16.1. The number of halogens is 4. The summed E-state index contributed by atoms with van der Waals surface area (Å²) in [5.74, 6) is -0.835. The van der Waals surface area contributed by atoms with Crippen LogP contribution >= 0.6 is 0 Å². The lowest BCUT2D eigenvalue weighted by Crippen LogP contribution is -2.69. The van der Waals surface area contributed by atoms with Gasteiger partial charge in [0.05, 0.1) is 49.2 Å². The minimum atomic E-state index is -4.80. The largest absolute Gasteiger partial charge is 0.491 e. The molecule has 0 aliphatic carbocycles. The highest BCUT2D eigenvalue weighted by Gasteiger charge is 2.61. The quantitative estimate of drug-likeness (QED) is 0.409. The lowest BCUT2D eigenvalue weighted by molar-refractivity contribution is -0.267. The molecule has 1 aliphatic rings. The van der Waals surface area contributed by atoms with Gasteiger partial charge in [-0.3, -0.25) is 9.36 Å². The normalized spacial score (nSPS) is 15.4. The smallest absolute Gasteiger partial charge is 0.420 e. The highest BCUT2D eigenvalue weighted by Crippen LogP contribution is 2.42. The van der Waals surface area contributed by atoms with Crippen molar-refractivity contribution in [2.45, 2.75) is 44.5 Å². The van der Waals surface area contributed by atoms with Gasteiger partial charge >= 0.3 is 6.18 Å². The van der Waals surface area contributed by atoms with Crippen molar-refractivity contribution >= 4 is 16.7 Å². The predicted molar refractivity (Wildman–Crippen MR) is 116 cm³/mol. The van der Waals surface area contributed by atoms with E-state index >= 15 is 4.39 Å². The fraction of sp³-hybridized carbons (Fsp3) is 0.455. The van der Waals surface area contributed by atoms with Crippen LogP contribution in [0, 0.1) is 5.82 Å². The first-order valence-corrected chi connectivity index (χ1v) is 10.7. The second kappa shape index (κ2) is 8.82. The molecule has 1 aliphatic heterocycles. The van der Waals surface area contributed by atoms with Crippen LogP contribution in [0.25, 0.3) is 22.3 Å². The fourth-order valence-corrected chi connectivity index (χ4v) is 3.82. The molecule has 4 rings (SSSR count). The lowest BCUT2D eigenvalue weighted by atomic mass is 9.93. The van der Waals surface area contributed by atoms with Gasteiger partial charge in [0.15, 0.2) is 23.0 Å². The van der Waals surface area contributed by atoms with Gasteiger partial charge < -0.3 is 14.7 Å². The van der Waals surface area contributed by atoms with E-state index in [4.69, 9.17) is 4.74 Å². The average molecular weight is 481 g/mol. The van der Waals surface area contributed by atoms with Gasteiger partial charge in [0.2, 0.25) is 0 Å². The molecular formula is C22H23F4N5O3. The number of β-amino-alcohol motifs (C(OH)–C–C–N with tert-alkyl or cyclic N) is 1. The number of aryl methyl sites for hydroxylation is 1. The summed E-state index contributed by atoms with van der Waals surface area (Å²) in [5, 5.41) is 9.86. The van der Waals surface area contributed by atoms with Crippen molar-refractivity contribution in [3.63, 3.8) is 0 Å². The van der Waals surface area contributed by atoms with Crippen LogP contribution in [0.3, 0.4) is 0 Å². The number of aromatic nitrogens is 4. The van der Waals surface area contributed by atoms with Gasteiger partial charge in [-0.15, -0.1) is 0 Å². The molecule has 0 spiro atoms. The Morgan fingerprint density at radius 3 is 2.59 bits per heavy atom. The van der Waals surface area contributed by atoms with E-state index in [0.717, 1.165) is 25.3 Å². The number of hydrogen-bond donors (Lipinski definition) is 1. The van der Waals surface area contributed by atoms with Crippen molar-refractivity contribution in [1.29, 1.82) is 0 Å². The molecule has 1 saturated heterocycles. The molecule has 1 N–H and O–H groups in total. The van der Waals surface area contributed by atoms with Crippen LogP contribution in [0.2, 0.25) is 0 Å². The first-order valence-electron chi connectivity index (χ1n) is 10.7. The van der Waals surface area contributed by atoms with E-state index < -0.39 is 30.7 Å². The van der Waals surface area contributed by atoms with E-state index in [0.29, 0.717) is 6.54 Å². The summed E-state index contributed by atoms with van der Waals surface area (Å²) in [6.45, 7) is 1.03. The maximum Gasteiger partial charge on any atom is 0.420 e. The van der Waals surface area contributed by atoms with E-state index in [1.807, 2.05) is 6.92 Å². The molecule has 0 unspecified atom stereocenters. The highest BCUT2D eigenvalue weighted by molar-refractivity contribution is 5.82. The number of nitrogens with zero attached hydrogens (tertiary/aromatic N) is 5. The standard InChI is InChI=1S/C22H23F4N5O3/c1-3-4-5-6-30-12-28-16-8-13(15(23)7-14(16)20(30)32)18-27-9-17(34-2)19(29-18)31-10-21(33,11-31)22(24,25)26/h7-9,12,33H,3-6,10-11H2,1-2H3. The van der Waals surface area contributed by atoms with E-state index in [1.165, 1.54) is 35.2 Å². The number of aliphatic hydroxyl groups is 1. The number of fused-ring (bicyclic) bond motifs is 1.